The summed E-state index contributed by atoms with van der Waals surface area (Å²) >= 11 is 0. The van der Waals surface area contributed by atoms with Gasteiger partial charge in [-0.05, 0) is 26.0 Å². The maximum atomic E-state index is 12.7. The van der Waals surface area contributed by atoms with E-state index >= 15 is 0 Å². The fraction of sp³-hybridized carbons (Fsp3) is 0.647. The highest BCUT2D eigenvalue weighted by Crippen LogP contribution is 2.19. The molecule has 0 saturated carbocycles. The van der Waals surface area contributed by atoms with E-state index < -0.39 is 0 Å². The van der Waals surface area contributed by atoms with Crippen LogP contribution in [0.2, 0.25) is 0 Å². The van der Waals surface area contributed by atoms with E-state index in [9.17, 15) is 4.79 Å². The van der Waals surface area contributed by atoms with Gasteiger partial charge in [-0.2, -0.15) is 0 Å². The Balaban J connectivity index is 1.71. The minimum absolute atomic E-state index is 0.144. The Labute approximate surface area is 132 Å². The first kappa shape index (κ1) is 15.3. The molecule has 0 atom stereocenters. The van der Waals surface area contributed by atoms with Crippen molar-refractivity contribution in [3.8, 4) is 0 Å². The fourth-order valence-electron chi connectivity index (χ4n) is 3.24. The van der Waals surface area contributed by atoms with Crippen molar-refractivity contribution in [1.29, 1.82) is 0 Å². The predicted molar refractivity (Wildman–Crippen MR) is 88.3 cm³/mol. The third-order valence-electron chi connectivity index (χ3n) is 4.73. The molecule has 5 heteroatoms. The standard InChI is InChI=1S/C17H26N4O/c1-19-8-10-20(11-9-19)16-12-15(13-18-14-16)17(22)21-6-4-2-3-5-7-21/h12-14H,2-11H2,1H3. The zero-order valence-corrected chi connectivity index (χ0v) is 13.5. The number of aromatic nitrogens is 1. The summed E-state index contributed by atoms with van der Waals surface area (Å²) in [6, 6.07) is 2.02. The van der Waals surface area contributed by atoms with Crippen LogP contribution in [0.5, 0.6) is 0 Å². The Hall–Kier alpha value is -1.62. The number of hydrogen-bond donors (Lipinski definition) is 0. The van der Waals surface area contributed by atoms with Crippen molar-refractivity contribution < 1.29 is 4.79 Å². The molecule has 3 rings (SSSR count). The number of anilines is 1. The van der Waals surface area contributed by atoms with Crippen LogP contribution < -0.4 is 4.90 Å². The highest BCUT2D eigenvalue weighted by atomic mass is 16.2. The van der Waals surface area contributed by atoms with Gasteiger partial charge in [-0.3, -0.25) is 9.78 Å². The molecule has 2 fully saturated rings. The van der Waals surface area contributed by atoms with Crippen molar-refractivity contribution in [2.75, 3.05) is 51.2 Å². The van der Waals surface area contributed by atoms with E-state index in [1.165, 1.54) is 12.8 Å². The molecule has 0 bridgehead atoms. The SMILES string of the molecule is CN1CCN(c2cncc(C(=O)N3CCCCCC3)c2)CC1. The van der Waals surface area contributed by atoms with Crippen LogP contribution >= 0.6 is 0 Å². The lowest BCUT2D eigenvalue weighted by atomic mass is 10.2. The molecule has 1 aromatic heterocycles. The molecule has 0 spiro atoms. The van der Waals surface area contributed by atoms with Crippen molar-refractivity contribution in [3.05, 3.63) is 24.0 Å². The highest BCUT2D eigenvalue weighted by Gasteiger charge is 2.20. The number of amides is 1. The van der Waals surface area contributed by atoms with Crippen molar-refractivity contribution in [2.45, 2.75) is 25.7 Å². The van der Waals surface area contributed by atoms with Gasteiger partial charge in [0, 0.05) is 45.5 Å². The Kier molecular flexibility index (Phi) is 4.93. The van der Waals surface area contributed by atoms with Crippen LogP contribution in [0.25, 0.3) is 0 Å². The quantitative estimate of drug-likeness (QED) is 0.836. The zero-order chi connectivity index (χ0) is 15.4. The van der Waals surface area contributed by atoms with Crippen molar-refractivity contribution in [2.24, 2.45) is 0 Å². The number of rotatable bonds is 2. The minimum atomic E-state index is 0.144. The third-order valence-corrected chi connectivity index (χ3v) is 4.73. The second-order valence-electron chi connectivity index (χ2n) is 6.43. The van der Waals surface area contributed by atoms with Crippen LogP contribution in [0.1, 0.15) is 36.0 Å². The Morgan fingerprint density at radius 1 is 0.955 bits per heavy atom. The monoisotopic (exact) mass is 302 g/mol. The smallest absolute Gasteiger partial charge is 0.255 e. The van der Waals surface area contributed by atoms with Gasteiger partial charge in [0.15, 0.2) is 0 Å². The first-order valence-corrected chi connectivity index (χ1v) is 8.42. The lowest BCUT2D eigenvalue weighted by Gasteiger charge is -2.34. The van der Waals surface area contributed by atoms with E-state index in [4.69, 9.17) is 0 Å². The van der Waals surface area contributed by atoms with Gasteiger partial charge in [0.2, 0.25) is 0 Å². The van der Waals surface area contributed by atoms with Gasteiger partial charge in [0.25, 0.3) is 5.91 Å². The largest absolute Gasteiger partial charge is 0.368 e. The lowest BCUT2D eigenvalue weighted by Crippen LogP contribution is -2.44. The van der Waals surface area contributed by atoms with Gasteiger partial charge < -0.3 is 14.7 Å². The van der Waals surface area contributed by atoms with Crippen LogP contribution in [0.15, 0.2) is 18.5 Å². The fourth-order valence-corrected chi connectivity index (χ4v) is 3.24. The van der Waals surface area contributed by atoms with Gasteiger partial charge in [-0.25, -0.2) is 0 Å². The van der Waals surface area contributed by atoms with Crippen molar-refractivity contribution in [3.63, 3.8) is 0 Å². The summed E-state index contributed by atoms with van der Waals surface area (Å²) in [6.07, 6.45) is 8.32. The average Bonchev–Trinajstić information content (AvgIpc) is 2.84. The normalized spacial score (nSPS) is 20.8. The topological polar surface area (TPSA) is 39.7 Å². The molecular weight excluding hydrogens is 276 g/mol. The summed E-state index contributed by atoms with van der Waals surface area (Å²) in [7, 11) is 2.15. The third kappa shape index (κ3) is 3.58. The Bertz CT molecular complexity index is 503. The van der Waals surface area contributed by atoms with Gasteiger partial charge in [-0.15, -0.1) is 0 Å². The molecule has 0 radical (unpaired) electrons. The van der Waals surface area contributed by atoms with Crippen LogP contribution in [0.4, 0.5) is 5.69 Å². The molecular formula is C17H26N4O. The van der Waals surface area contributed by atoms with Gasteiger partial charge in [0.1, 0.15) is 0 Å². The van der Waals surface area contributed by atoms with E-state index in [0.29, 0.717) is 0 Å². The van der Waals surface area contributed by atoms with E-state index in [0.717, 1.165) is 63.4 Å². The summed E-state index contributed by atoms with van der Waals surface area (Å²) in [4.78, 5) is 23.7. The molecule has 22 heavy (non-hydrogen) atoms. The molecule has 3 heterocycles. The first-order chi connectivity index (χ1) is 10.7. The van der Waals surface area contributed by atoms with E-state index in [1.54, 1.807) is 6.20 Å². The molecule has 2 aliphatic rings. The number of likely N-dealkylation sites (tertiary alicyclic amines) is 1. The van der Waals surface area contributed by atoms with E-state index in [2.05, 4.69) is 21.8 Å². The Morgan fingerprint density at radius 2 is 1.64 bits per heavy atom. The van der Waals surface area contributed by atoms with Gasteiger partial charge in [-0.1, -0.05) is 12.8 Å². The predicted octanol–water partition coefficient (Wildman–Crippen LogP) is 1.85. The maximum Gasteiger partial charge on any atom is 0.255 e. The number of hydrogen-bond acceptors (Lipinski definition) is 4. The summed E-state index contributed by atoms with van der Waals surface area (Å²) in [5.74, 6) is 0.144. The molecule has 0 unspecified atom stereocenters. The molecule has 120 valence electrons. The number of carbonyl (C=O) groups is 1. The van der Waals surface area contributed by atoms with E-state index in [-0.39, 0.29) is 5.91 Å². The van der Waals surface area contributed by atoms with Crippen molar-refractivity contribution in [1.82, 2.24) is 14.8 Å². The molecule has 2 saturated heterocycles. The first-order valence-electron chi connectivity index (χ1n) is 8.42. The summed E-state index contributed by atoms with van der Waals surface area (Å²) in [5.41, 5.74) is 1.81. The van der Waals surface area contributed by atoms with E-state index in [1.807, 2.05) is 17.2 Å². The number of pyridine rings is 1. The van der Waals surface area contributed by atoms with Crippen LogP contribution in [0, 0.1) is 0 Å². The molecule has 2 aliphatic heterocycles. The second-order valence-corrected chi connectivity index (χ2v) is 6.43. The molecule has 1 aromatic rings. The molecule has 5 nitrogen and oxygen atoms in total. The second kappa shape index (κ2) is 7.09. The Morgan fingerprint density at radius 3 is 2.32 bits per heavy atom. The number of nitrogens with zero attached hydrogens (tertiary/aromatic N) is 4. The number of likely N-dealkylation sites (N-methyl/N-ethyl adjacent to an activating group) is 1. The summed E-state index contributed by atoms with van der Waals surface area (Å²) < 4.78 is 0. The number of piperazine rings is 1. The van der Waals surface area contributed by atoms with Crippen LogP contribution in [0.3, 0.4) is 0 Å². The summed E-state index contributed by atoms with van der Waals surface area (Å²) in [6.45, 7) is 5.89. The van der Waals surface area contributed by atoms with Crippen LogP contribution in [-0.4, -0.2) is 67.0 Å². The summed E-state index contributed by atoms with van der Waals surface area (Å²) in [5, 5.41) is 0. The minimum Gasteiger partial charge on any atom is -0.368 e. The molecule has 0 aromatic carbocycles. The van der Waals surface area contributed by atoms with Gasteiger partial charge >= 0.3 is 0 Å². The van der Waals surface area contributed by atoms with Gasteiger partial charge in [0.05, 0.1) is 17.4 Å². The average molecular weight is 302 g/mol. The zero-order valence-electron chi connectivity index (χ0n) is 13.5. The highest BCUT2D eigenvalue weighted by molar-refractivity contribution is 5.94. The maximum absolute atomic E-state index is 12.7. The molecule has 0 aliphatic carbocycles. The number of carbonyl (C=O) groups excluding carboxylic acids is 1. The molecule has 0 N–H and O–H groups in total. The lowest BCUT2D eigenvalue weighted by molar-refractivity contribution is 0.0761. The van der Waals surface area contributed by atoms with Crippen LogP contribution in [-0.2, 0) is 0 Å². The van der Waals surface area contributed by atoms with Crippen molar-refractivity contribution >= 4 is 11.6 Å². The molecule has 1 amide bonds.